The van der Waals surface area contributed by atoms with Crippen LogP contribution in [-0.4, -0.2) is 41.6 Å². The summed E-state index contributed by atoms with van der Waals surface area (Å²) in [6.45, 7) is 6.05. The monoisotopic (exact) mass is 203 g/mol. The van der Waals surface area contributed by atoms with Crippen molar-refractivity contribution in [2.75, 3.05) is 25.6 Å². The van der Waals surface area contributed by atoms with Crippen molar-refractivity contribution < 1.29 is 5.11 Å². The second-order valence-electron chi connectivity index (χ2n) is 3.69. The molecule has 0 saturated carbocycles. The van der Waals surface area contributed by atoms with Crippen LogP contribution in [0.3, 0.4) is 0 Å². The zero-order valence-corrected chi connectivity index (χ0v) is 8.76. The first kappa shape index (κ1) is 11.0. The van der Waals surface area contributed by atoms with Crippen LogP contribution < -0.4 is 0 Å². The summed E-state index contributed by atoms with van der Waals surface area (Å²) in [5.41, 5.74) is 1.04. The predicted octanol–water partition coefficient (Wildman–Crippen LogP) is 1.63. The number of likely N-dealkylation sites (tertiary alicyclic amines) is 1. The molecule has 1 atom stereocenters. The van der Waals surface area contributed by atoms with E-state index in [4.69, 9.17) is 16.7 Å². The fourth-order valence-electron chi connectivity index (χ4n) is 1.80. The molecule has 3 heteroatoms. The predicted molar refractivity (Wildman–Crippen MR) is 56.2 cm³/mol. The van der Waals surface area contributed by atoms with Crippen molar-refractivity contribution in [2.45, 2.75) is 25.3 Å². The molecule has 0 aromatic carbocycles. The first-order valence-electron chi connectivity index (χ1n) is 4.85. The summed E-state index contributed by atoms with van der Waals surface area (Å²) in [6.07, 6.45) is 3.56. The number of nitrogens with zero attached hydrogens (tertiary/aromatic N) is 1. The van der Waals surface area contributed by atoms with Gasteiger partial charge in [-0.25, -0.2) is 0 Å². The number of aliphatic hydroxyl groups excluding tert-OH is 1. The molecule has 2 nitrogen and oxygen atoms in total. The van der Waals surface area contributed by atoms with Crippen LogP contribution in [0.2, 0.25) is 0 Å². The van der Waals surface area contributed by atoms with Gasteiger partial charge in [0.15, 0.2) is 0 Å². The van der Waals surface area contributed by atoms with Crippen molar-refractivity contribution in [2.24, 2.45) is 0 Å². The molecule has 0 amide bonds. The van der Waals surface area contributed by atoms with Gasteiger partial charge in [0.2, 0.25) is 0 Å². The fourth-order valence-corrected chi connectivity index (χ4v) is 1.89. The average Bonchev–Trinajstić information content (AvgIpc) is 2.18. The van der Waals surface area contributed by atoms with Crippen molar-refractivity contribution in [1.82, 2.24) is 4.90 Å². The molecule has 0 aromatic rings. The van der Waals surface area contributed by atoms with Gasteiger partial charge in [-0.2, -0.15) is 0 Å². The number of aliphatic hydroxyl groups is 1. The van der Waals surface area contributed by atoms with Gasteiger partial charge >= 0.3 is 0 Å². The lowest BCUT2D eigenvalue weighted by Crippen LogP contribution is -2.42. The SMILES string of the molecule is C=C(CCl)CN1CCCCC1CO. The molecule has 1 heterocycles. The van der Waals surface area contributed by atoms with Gasteiger partial charge in [0.05, 0.1) is 6.61 Å². The highest BCUT2D eigenvalue weighted by Gasteiger charge is 2.21. The topological polar surface area (TPSA) is 23.5 Å². The quantitative estimate of drug-likeness (QED) is 0.555. The molecule has 1 rings (SSSR count). The number of hydrogen-bond donors (Lipinski definition) is 1. The minimum atomic E-state index is 0.259. The van der Waals surface area contributed by atoms with Crippen molar-refractivity contribution in [3.05, 3.63) is 12.2 Å². The number of hydrogen-bond acceptors (Lipinski definition) is 2. The molecule has 1 N–H and O–H groups in total. The standard InChI is InChI=1S/C10H18ClNO/c1-9(6-11)7-12-5-3-2-4-10(12)8-13/h10,13H,1-8H2. The van der Waals surface area contributed by atoms with Crippen LogP contribution in [0.4, 0.5) is 0 Å². The van der Waals surface area contributed by atoms with Crippen LogP contribution >= 0.6 is 11.6 Å². The van der Waals surface area contributed by atoms with E-state index >= 15 is 0 Å². The second kappa shape index (κ2) is 5.63. The zero-order valence-electron chi connectivity index (χ0n) is 8.01. The third-order valence-corrected chi connectivity index (χ3v) is 2.95. The highest BCUT2D eigenvalue weighted by Crippen LogP contribution is 2.17. The third-order valence-electron chi connectivity index (χ3n) is 2.58. The van der Waals surface area contributed by atoms with Crippen LogP contribution in [0.1, 0.15) is 19.3 Å². The van der Waals surface area contributed by atoms with Crippen molar-refractivity contribution >= 4 is 11.6 Å². The molecule has 1 fully saturated rings. The molecular weight excluding hydrogens is 186 g/mol. The molecule has 13 heavy (non-hydrogen) atoms. The van der Waals surface area contributed by atoms with E-state index in [2.05, 4.69) is 11.5 Å². The second-order valence-corrected chi connectivity index (χ2v) is 3.95. The first-order chi connectivity index (χ1) is 6.27. The molecule has 0 radical (unpaired) electrons. The molecule has 1 saturated heterocycles. The fraction of sp³-hybridized carbons (Fsp3) is 0.800. The lowest BCUT2D eigenvalue weighted by molar-refractivity contribution is 0.0988. The Labute approximate surface area is 85.2 Å². The molecule has 0 aliphatic carbocycles. The van der Waals surface area contributed by atoms with E-state index in [-0.39, 0.29) is 6.61 Å². The van der Waals surface area contributed by atoms with E-state index in [9.17, 15) is 0 Å². The van der Waals surface area contributed by atoms with E-state index < -0.39 is 0 Å². The van der Waals surface area contributed by atoms with E-state index in [1.165, 1.54) is 12.8 Å². The van der Waals surface area contributed by atoms with Gasteiger partial charge in [-0.3, -0.25) is 4.90 Å². The van der Waals surface area contributed by atoms with Crippen LogP contribution in [0.15, 0.2) is 12.2 Å². The van der Waals surface area contributed by atoms with Gasteiger partial charge in [-0.15, -0.1) is 11.6 Å². The Morgan fingerprint density at radius 3 is 2.92 bits per heavy atom. The highest BCUT2D eigenvalue weighted by atomic mass is 35.5. The summed E-state index contributed by atoms with van der Waals surface area (Å²) in [7, 11) is 0. The molecule has 1 aliphatic heterocycles. The van der Waals surface area contributed by atoms with Crippen LogP contribution in [0.25, 0.3) is 0 Å². The van der Waals surface area contributed by atoms with E-state index in [0.717, 1.165) is 25.1 Å². The summed E-state index contributed by atoms with van der Waals surface area (Å²) in [5.74, 6) is 0.522. The number of halogens is 1. The highest BCUT2D eigenvalue weighted by molar-refractivity contribution is 6.19. The molecule has 0 spiro atoms. The maximum Gasteiger partial charge on any atom is 0.0586 e. The zero-order chi connectivity index (χ0) is 9.68. The Balaban J connectivity index is 2.40. The molecule has 1 unspecified atom stereocenters. The summed E-state index contributed by atoms with van der Waals surface area (Å²) in [6, 6.07) is 0.328. The van der Waals surface area contributed by atoms with E-state index in [0.29, 0.717) is 11.9 Å². The Kier molecular flexibility index (Phi) is 4.78. The lowest BCUT2D eigenvalue weighted by Gasteiger charge is -2.34. The minimum Gasteiger partial charge on any atom is -0.395 e. The summed E-state index contributed by atoms with van der Waals surface area (Å²) >= 11 is 5.67. The van der Waals surface area contributed by atoms with Crippen LogP contribution in [0, 0.1) is 0 Å². The molecular formula is C10H18ClNO. The van der Waals surface area contributed by atoms with Gasteiger partial charge in [0, 0.05) is 18.5 Å². The van der Waals surface area contributed by atoms with Gasteiger partial charge < -0.3 is 5.11 Å². The Morgan fingerprint density at radius 1 is 1.54 bits per heavy atom. The smallest absolute Gasteiger partial charge is 0.0586 e. The van der Waals surface area contributed by atoms with Crippen molar-refractivity contribution in [3.8, 4) is 0 Å². The summed E-state index contributed by atoms with van der Waals surface area (Å²) in [4.78, 5) is 2.29. The molecule has 0 bridgehead atoms. The van der Waals surface area contributed by atoms with Gasteiger partial charge in [0.25, 0.3) is 0 Å². The summed E-state index contributed by atoms with van der Waals surface area (Å²) < 4.78 is 0. The Bertz CT molecular complexity index is 172. The largest absolute Gasteiger partial charge is 0.395 e. The minimum absolute atomic E-state index is 0.259. The van der Waals surface area contributed by atoms with Gasteiger partial charge in [-0.1, -0.05) is 13.0 Å². The van der Waals surface area contributed by atoms with Crippen LogP contribution in [-0.2, 0) is 0 Å². The Hall–Kier alpha value is -0.0500. The molecule has 1 aliphatic rings. The van der Waals surface area contributed by atoms with Crippen molar-refractivity contribution in [1.29, 1.82) is 0 Å². The number of alkyl halides is 1. The summed E-state index contributed by atoms with van der Waals surface area (Å²) in [5, 5.41) is 9.14. The first-order valence-corrected chi connectivity index (χ1v) is 5.39. The normalized spacial score (nSPS) is 24.6. The molecule has 0 aromatic heterocycles. The number of piperidine rings is 1. The maximum absolute atomic E-state index is 9.14. The molecule has 76 valence electrons. The van der Waals surface area contributed by atoms with Crippen molar-refractivity contribution in [3.63, 3.8) is 0 Å². The average molecular weight is 204 g/mol. The van der Waals surface area contributed by atoms with Gasteiger partial charge in [0.1, 0.15) is 0 Å². The van der Waals surface area contributed by atoms with E-state index in [1.807, 2.05) is 0 Å². The van der Waals surface area contributed by atoms with Gasteiger partial charge in [-0.05, 0) is 25.0 Å². The Morgan fingerprint density at radius 2 is 2.31 bits per heavy atom. The maximum atomic E-state index is 9.14. The van der Waals surface area contributed by atoms with Crippen LogP contribution in [0.5, 0.6) is 0 Å². The lowest BCUT2D eigenvalue weighted by atomic mass is 10.0. The number of rotatable bonds is 4. The third kappa shape index (κ3) is 3.29. The van der Waals surface area contributed by atoms with E-state index in [1.54, 1.807) is 0 Å².